The number of carbonyl (C=O) groups excluding carboxylic acids is 2. The van der Waals surface area contributed by atoms with Gasteiger partial charge in [-0.05, 0) is 83.6 Å². The van der Waals surface area contributed by atoms with Crippen LogP contribution in [0, 0.1) is 19.3 Å². The number of hydrogen-bond donors (Lipinski definition) is 0. The van der Waals surface area contributed by atoms with E-state index in [1.807, 2.05) is 0 Å². The molecule has 0 aromatic heterocycles. The van der Waals surface area contributed by atoms with E-state index in [0.29, 0.717) is 30.2 Å². The van der Waals surface area contributed by atoms with E-state index in [0.717, 1.165) is 5.56 Å². The van der Waals surface area contributed by atoms with Crippen LogP contribution in [0.4, 0.5) is 26.2 Å². The lowest BCUT2D eigenvalue weighted by molar-refractivity contribution is -0.120. The van der Waals surface area contributed by atoms with E-state index in [2.05, 4.69) is 4.85 Å². The second-order valence-electron chi connectivity index (χ2n) is 10.6. The number of ether oxygens (including phenoxy) is 2. The third-order valence-corrected chi connectivity index (χ3v) is 6.56. The molecule has 194 valence electrons. The Kier molecular flexibility index (Phi) is 6.63. The van der Waals surface area contributed by atoms with Gasteiger partial charge >= 0.3 is 6.09 Å². The van der Waals surface area contributed by atoms with Crippen LogP contribution in [0.25, 0.3) is 4.85 Å². The monoisotopic (exact) mass is 524 g/mol. The first kappa shape index (κ1) is 26.4. The lowest BCUT2D eigenvalue weighted by atomic mass is 10.0. The number of rotatable bonds is 4. The summed E-state index contributed by atoms with van der Waals surface area (Å²) in [5.74, 6) is -0.811. The highest BCUT2D eigenvalue weighted by Crippen LogP contribution is 2.39. The summed E-state index contributed by atoms with van der Waals surface area (Å²) in [6.07, 6.45) is -0.781. The lowest BCUT2D eigenvalue weighted by Crippen LogP contribution is -2.57. The Morgan fingerprint density at radius 2 is 1.81 bits per heavy atom. The van der Waals surface area contributed by atoms with Gasteiger partial charge in [0.2, 0.25) is 0 Å². The van der Waals surface area contributed by atoms with E-state index in [1.165, 1.54) is 21.9 Å². The highest BCUT2D eigenvalue weighted by atomic mass is 32.1. The van der Waals surface area contributed by atoms with Crippen LogP contribution in [0.1, 0.15) is 40.2 Å². The Bertz CT molecular complexity index is 1320. The van der Waals surface area contributed by atoms with E-state index in [1.54, 1.807) is 70.7 Å². The summed E-state index contributed by atoms with van der Waals surface area (Å²) in [6.45, 7) is 18.5. The third-order valence-electron chi connectivity index (χ3n) is 6.19. The average molecular weight is 525 g/mol. The van der Waals surface area contributed by atoms with Gasteiger partial charge in [0, 0.05) is 17.4 Å². The maximum absolute atomic E-state index is 15.1. The molecular formula is C27H29FN4O4S. The fourth-order valence-electron chi connectivity index (χ4n) is 4.25. The molecule has 0 aliphatic carbocycles. The number of aryl methyl sites for hydroxylation is 1. The van der Waals surface area contributed by atoms with Crippen molar-refractivity contribution in [2.24, 2.45) is 0 Å². The SMILES string of the molecule is [C-]#[N+]c1ccc(N2C(=O)C(C)(C)N(c3ccc(OC4CN(C(=O)OC(C)(C)C)C4)c(F)c3)C2=S)cc1C. The van der Waals surface area contributed by atoms with Crippen molar-refractivity contribution < 1.29 is 23.5 Å². The van der Waals surface area contributed by atoms with E-state index in [-0.39, 0.29) is 22.9 Å². The molecule has 2 saturated heterocycles. The summed E-state index contributed by atoms with van der Waals surface area (Å²) in [7, 11) is 0. The summed E-state index contributed by atoms with van der Waals surface area (Å²) >= 11 is 5.67. The van der Waals surface area contributed by atoms with E-state index in [9.17, 15) is 9.59 Å². The zero-order valence-electron chi connectivity index (χ0n) is 21.7. The molecule has 2 amide bonds. The quantitative estimate of drug-likeness (QED) is 0.383. The predicted octanol–water partition coefficient (Wildman–Crippen LogP) is 5.60. The first-order chi connectivity index (χ1) is 17.2. The van der Waals surface area contributed by atoms with Gasteiger partial charge in [-0.25, -0.2) is 14.0 Å². The van der Waals surface area contributed by atoms with Crippen LogP contribution in [0.2, 0.25) is 0 Å². The second kappa shape index (κ2) is 9.30. The molecule has 0 spiro atoms. The molecule has 0 bridgehead atoms. The van der Waals surface area contributed by atoms with E-state index >= 15 is 4.39 Å². The van der Waals surface area contributed by atoms with E-state index in [4.69, 9.17) is 28.3 Å². The topological polar surface area (TPSA) is 66.7 Å². The largest absolute Gasteiger partial charge is 0.484 e. The number of amides is 2. The summed E-state index contributed by atoms with van der Waals surface area (Å²) in [5, 5.41) is 0.213. The minimum atomic E-state index is -1.07. The number of anilines is 2. The minimum absolute atomic E-state index is 0.0500. The third kappa shape index (κ3) is 4.96. The van der Waals surface area contributed by atoms with Crippen molar-refractivity contribution in [2.45, 2.75) is 58.8 Å². The maximum atomic E-state index is 15.1. The van der Waals surface area contributed by atoms with Crippen LogP contribution in [0.15, 0.2) is 36.4 Å². The highest BCUT2D eigenvalue weighted by molar-refractivity contribution is 7.81. The molecular weight excluding hydrogens is 495 g/mol. The number of halogens is 1. The minimum Gasteiger partial charge on any atom is -0.484 e. The Hall–Kier alpha value is -3.71. The zero-order chi connectivity index (χ0) is 27.3. The van der Waals surface area contributed by atoms with Crippen molar-refractivity contribution in [1.29, 1.82) is 0 Å². The second-order valence-corrected chi connectivity index (χ2v) is 11.0. The highest BCUT2D eigenvalue weighted by Gasteiger charge is 2.50. The molecule has 37 heavy (non-hydrogen) atoms. The Labute approximate surface area is 221 Å². The normalized spacial score (nSPS) is 17.5. The van der Waals surface area contributed by atoms with Crippen LogP contribution in [0.5, 0.6) is 5.75 Å². The first-order valence-electron chi connectivity index (χ1n) is 11.8. The predicted molar refractivity (Wildman–Crippen MR) is 143 cm³/mol. The van der Waals surface area contributed by atoms with Crippen molar-refractivity contribution in [2.75, 3.05) is 22.9 Å². The van der Waals surface area contributed by atoms with Crippen molar-refractivity contribution in [3.8, 4) is 5.75 Å². The van der Waals surface area contributed by atoms with Gasteiger partial charge < -0.3 is 19.3 Å². The maximum Gasteiger partial charge on any atom is 0.410 e. The van der Waals surface area contributed by atoms with Crippen LogP contribution in [-0.2, 0) is 9.53 Å². The smallest absolute Gasteiger partial charge is 0.410 e. The Morgan fingerprint density at radius 3 is 2.38 bits per heavy atom. The number of nitrogens with zero attached hydrogens (tertiary/aromatic N) is 4. The standard InChI is InChI=1S/C27H29FN4O4S/c1-16-12-17(8-10-21(16)29-7)31-23(33)27(5,6)32(24(31)37)18-9-11-22(20(28)13-18)35-19-14-30(15-19)25(34)36-26(2,3)4/h8-13,19H,14-15H2,1-6H3. The molecule has 0 unspecified atom stereocenters. The number of carbonyl (C=O) groups is 2. The summed E-state index contributed by atoms with van der Waals surface area (Å²) in [6, 6.07) is 9.52. The molecule has 0 saturated carbocycles. The van der Waals surface area contributed by atoms with Crippen molar-refractivity contribution in [3.05, 3.63) is 59.2 Å². The van der Waals surface area contributed by atoms with Crippen molar-refractivity contribution in [3.63, 3.8) is 0 Å². The van der Waals surface area contributed by atoms with Gasteiger partial charge in [0.25, 0.3) is 5.91 Å². The van der Waals surface area contributed by atoms with Crippen LogP contribution in [0.3, 0.4) is 0 Å². The van der Waals surface area contributed by atoms with Gasteiger partial charge in [0.1, 0.15) is 17.2 Å². The molecule has 2 aliphatic rings. The molecule has 0 N–H and O–H groups in total. The van der Waals surface area contributed by atoms with Crippen LogP contribution >= 0.6 is 12.2 Å². The van der Waals surface area contributed by atoms with Crippen LogP contribution < -0.4 is 14.5 Å². The Balaban J connectivity index is 1.50. The summed E-state index contributed by atoms with van der Waals surface area (Å²) in [5.41, 5.74) is 0.528. The van der Waals surface area contributed by atoms with Crippen molar-refractivity contribution in [1.82, 2.24) is 4.90 Å². The Morgan fingerprint density at radius 1 is 1.16 bits per heavy atom. The van der Waals surface area contributed by atoms with Gasteiger partial charge in [0.05, 0.1) is 19.7 Å². The first-order valence-corrected chi connectivity index (χ1v) is 12.2. The van der Waals surface area contributed by atoms with Crippen molar-refractivity contribution >= 4 is 46.4 Å². The lowest BCUT2D eigenvalue weighted by Gasteiger charge is -2.39. The molecule has 2 heterocycles. The van der Waals surface area contributed by atoms with Gasteiger partial charge in [0.15, 0.2) is 22.4 Å². The van der Waals surface area contributed by atoms with Crippen LogP contribution in [-0.4, -0.2) is 52.3 Å². The van der Waals surface area contributed by atoms with E-state index < -0.39 is 23.1 Å². The number of benzene rings is 2. The molecule has 0 atom stereocenters. The molecule has 10 heteroatoms. The summed E-state index contributed by atoms with van der Waals surface area (Å²) < 4.78 is 26.2. The zero-order valence-corrected chi connectivity index (χ0v) is 22.5. The number of likely N-dealkylation sites (tertiary alicyclic amines) is 1. The fourth-order valence-corrected chi connectivity index (χ4v) is 4.77. The summed E-state index contributed by atoms with van der Waals surface area (Å²) in [4.78, 5) is 33.5. The molecule has 2 fully saturated rings. The molecule has 2 aliphatic heterocycles. The molecule has 2 aromatic rings. The molecule has 8 nitrogen and oxygen atoms in total. The fraction of sp³-hybridized carbons (Fsp3) is 0.407. The molecule has 4 rings (SSSR count). The van der Waals surface area contributed by atoms with Gasteiger partial charge in [-0.2, -0.15) is 0 Å². The molecule has 0 radical (unpaired) electrons. The van der Waals surface area contributed by atoms with Gasteiger partial charge in [-0.3, -0.25) is 9.69 Å². The average Bonchev–Trinajstić information content (AvgIpc) is 2.93. The van der Waals surface area contributed by atoms with Gasteiger partial charge in [-0.15, -0.1) is 0 Å². The molecule has 2 aromatic carbocycles. The number of thiocarbonyl (C=S) groups is 1. The van der Waals surface area contributed by atoms with Gasteiger partial charge in [-0.1, -0.05) is 6.07 Å². The number of hydrogen-bond acceptors (Lipinski definition) is 5.